The highest BCUT2D eigenvalue weighted by Gasteiger charge is 2.43. The van der Waals surface area contributed by atoms with E-state index in [-0.39, 0.29) is 11.8 Å². The van der Waals surface area contributed by atoms with Crippen LogP contribution in [0.3, 0.4) is 0 Å². The summed E-state index contributed by atoms with van der Waals surface area (Å²) in [6, 6.07) is 20.2. The van der Waals surface area contributed by atoms with Crippen molar-refractivity contribution in [3.63, 3.8) is 0 Å². The van der Waals surface area contributed by atoms with Gasteiger partial charge in [0, 0.05) is 48.2 Å². The van der Waals surface area contributed by atoms with Gasteiger partial charge in [-0.3, -0.25) is 4.79 Å². The topological polar surface area (TPSA) is 90.9 Å². The van der Waals surface area contributed by atoms with E-state index in [1.54, 1.807) is 0 Å². The van der Waals surface area contributed by atoms with Crippen LogP contribution in [0.15, 0.2) is 60.7 Å². The Balaban J connectivity index is 1.72. The zero-order chi connectivity index (χ0) is 33.3. The molecule has 1 heterocycles. The van der Waals surface area contributed by atoms with Crippen LogP contribution in [0.1, 0.15) is 79.1 Å². The lowest BCUT2D eigenvalue weighted by molar-refractivity contribution is -0.0563. The molecule has 46 heavy (non-hydrogen) atoms. The van der Waals surface area contributed by atoms with E-state index in [2.05, 4.69) is 49.6 Å². The minimum atomic E-state index is -1.31. The SMILES string of the molecule is CCc1cccc(-c2c(Cl)cccc2[C@](O)(CCCNC(=O)OC)[C@@H]2CCCN(C(=O)c3ccc(CNC)cc3CC(C)C)C2)c1. The number of aliphatic hydroxyl groups is 1. The van der Waals surface area contributed by atoms with Crippen molar-refractivity contribution in [1.82, 2.24) is 15.5 Å². The maximum absolute atomic E-state index is 14.2. The summed E-state index contributed by atoms with van der Waals surface area (Å²) < 4.78 is 4.76. The van der Waals surface area contributed by atoms with Gasteiger partial charge >= 0.3 is 6.09 Å². The highest BCUT2D eigenvalue weighted by molar-refractivity contribution is 6.33. The molecule has 1 saturated heterocycles. The first-order chi connectivity index (χ1) is 22.1. The van der Waals surface area contributed by atoms with Gasteiger partial charge in [0.1, 0.15) is 0 Å². The molecule has 248 valence electrons. The molecular weight excluding hydrogens is 598 g/mol. The van der Waals surface area contributed by atoms with Crippen LogP contribution in [0.25, 0.3) is 11.1 Å². The molecule has 3 aromatic carbocycles. The van der Waals surface area contributed by atoms with Crippen LogP contribution in [0.5, 0.6) is 0 Å². The summed E-state index contributed by atoms with van der Waals surface area (Å²) in [6.45, 7) is 8.60. The first-order valence-corrected chi connectivity index (χ1v) is 17.0. The van der Waals surface area contributed by atoms with Gasteiger partial charge in [-0.15, -0.1) is 0 Å². The van der Waals surface area contributed by atoms with Gasteiger partial charge in [-0.25, -0.2) is 4.79 Å². The van der Waals surface area contributed by atoms with Gasteiger partial charge in [0.15, 0.2) is 0 Å². The molecule has 1 aliphatic rings. The first-order valence-electron chi connectivity index (χ1n) is 16.6. The van der Waals surface area contributed by atoms with Crippen molar-refractivity contribution < 1.29 is 19.4 Å². The van der Waals surface area contributed by atoms with Crippen LogP contribution in [0, 0.1) is 11.8 Å². The lowest BCUT2D eigenvalue weighted by Gasteiger charge is -2.44. The van der Waals surface area contributed by atoms with Gasteiger partial charge in [0.05, 0.1) is 12.7 Å². The third-order valence-electron chi connectivity index (χ3n) is 9.09. The number of hydrogen-bond donors (Lipinski definition) is 3. The Labute approximate surface area is 279 Å². The summed E-state index contributed by atoms with van der Waals surface area (Å²) in [5, 5.41) is 19.4. The summed E-state index contributed by atoms with van der Waals surface area (Å²) in [7, 11) is 3.26. The van der Waals surface area contributed by atoms with Gasteiger partial charge < -0.3 is 25.4 Å². The van der Waals surface area contributed by atoms with Crippen molar-refractivity contribution in [2.75, 3.05) is 33.8 Å². The number of alkyl carbamates (subject to hydrolysis) is 1. The fourth-order valence-electron chi connectivity index (χ4n) is 6.80. The lowest BCUT2D eigenvalue weighted by atomic mass is 9.72. The monoisotopic (exact) mass is 647 g/mol. The molecule has 0 aliphatic carbocycles. The second kappa shape index (κ2) is 16.4. The summed E-state index contributed by atoms with van der Waals surface area (Å²) in [4.78, 5) is 27.9. The van der Waals surface area contributed by atoms with Gasteiger partial charge in [0.25, 0.3) is 5.91 Å². The zero-order valence-electron chi connectivity index (χ0n) is 28.0. The maximum Gasteiger partial charge on any atom is 0.406 e. The Morgan fingerprint density at radius 3 is 2.61 bits per heavy atom. The third kappa shape index (κ3) is 8.49. The summed E-state index contributed by atoms with van der Waals surface area (Å²) in [6.07, 6.45) is 3.62. The number of carbonyl (C=O) groups excluding carboxylic acids is 2. The number of carbonyl (C=O) groups is 2. The Kier molecular flexibility index (Phi) is 12.7. The fourth-order valence-corrected chi connectivity index (χ4v) is 7.09. The number of likely N-dealkylation sites (tertiary alicyclic amines) is 1. The quantitative estimate of drug-likeness (QED) is 0.169. The number of nitrogens with one attached hydrogen (secondary N) is 2. The summed E-state index contributed by atoms with van der Waals surface area (Å²) in [5.74, 6) is 0.168. The van der Waals surface area contributed by atoms with Crippen LogP contribution in [0.4, 0.5) is 4.79 Å². The van der Waals surface area contributed by atoms with E-state index in [1.807, 2.05) is 54.4 Å². The molecule has 0 bridgehead atoms. The molecule has 2 amide bonds. The van der Waals surface area contributed by atoms with Gasteiger partial charge in [0.2, 0.25) is 0 Å². The normalized spacial score (nSPS) is 16.3. The number of amides is 2. The number of aryl methyl sites for hydroxylation is 1. The average molecular weight is 648 g/mol. The molecule has 4 rings (SSSR count). The Morgan fingerprint density at radius 1 is 1.11 bits per heavy atom. The molecular formula is C38H50ClN3O4. The van der Waals surface area contributed by atoms with E-state index in [1.165, 1.54) is 12.7 Å². The average Bonchev–Trinajstić information content (AvgIpc) is 3.06. The van der Waals surface area contributed by atoms with E-state index in [0.717, 1.165) is 65.6 Å². The molecule has 2 atom stereocenters. The molecule has 1 fully saturated rings. The van der Waals surface area contributed by atoms with E-state index >= 15 is 0 Å². The predicted molar refractivity (Wildman–Crippen MR) is 186 cm³/mol. The predicted octanol–water partition coefficient (Wildman–Crippen LogP) is 7.36. The maximum atomic E-state index is 14.2. The number of benzene rings is 3. The molecule has 3 aromatic rings. The van der Waals surface area contributed by atoms with Crippen LogP contribution in [-0.4, -0.2) is 55.8 Å². The van der Waals surface area contributed by atoms with Crippen molar-refractivity contribution in [3.05, 3.63) is 93.5 Å². The number of nitrogens with zero attached hydrogens (tertiary/aromatic N) is 1. The van der Waals surface area contributed by atoms with E-state index in [4.69, 9.17) is 16.3 Å². The summed E-state index contributed by atoms with van der Waals surface area (Å²) in [5.41, 5.74) is 5.34. The fraction of sp³-hybridized carbons (Fsp3) is 0.474. The minimum absolute atomic E-state index is 0.00744. The van der Waals surface area contributed by atoms with E-state index < -0.39 is 11.7 Å². The van der Waals surface area contributed by atoms with Crippen LogP contribution in [-0.2, 0) is 29.7 Å². The van der Waals surface area contributed by atoms with Crippen molar-refractivity contribution in [2.24, 2.45) is 11.8 Å². The largest absolute Gasteiger partial charge is 0.453 e. The molecule has 0 spiro atoms. The second-order valence-electron chi connectivity index (χ2n) is 12.9. The summed E-state index contributed by atoms with van der Waals surface area (Å²) >= 11 is 6.93. The van der Waals surface area contributed by atoms with Crippen molar-refractivity contribution in [1.29, 1.82) is 0 Å². The Morgan fingerprint density at radius 2 is 1.89 bits per heavy atom. The number of halogens is 1. The first kappa shape index (κ1) is 35.5. The van der Waals surface area contributed by atoms with Gasteiger partial charge in [-0.05, 0) is 91.4 Å². The molecule has 3 N–H and O–H groups in total. The highest BCUT2D eigenvalue weighted by atomic mass is 35.5. The minimum Gasteiger partial charge on any atom is -0.453 e. The van der Waals surface area contributed by atoms with Gasteiger partial charge in [-0.2, -0.15) is 0 Å². The molecule has 1 aliphatic heterocycles. The van der Waals surface area contributed by atoms with Crippen LogP contribution >= 0.6 is 11.6 Å². The number of piperidine rings is 1. The van der Waals surface area contributed by atoms with Crippen LogP contribution < -0.4 is 10.6 Å². The van der Waals surface area contributed by atoms with Crippen molar-refractivity contribution in [2.45, 2.75) is 71.4 Å². The number of hydrogen-bond acceptors (Lipinski definition) is 5. The van der Waals surface area contributed by atoms with Gasteiger partial charge in [-0.1, -0.05) is 80.9 Å². The molecule has 0 radical (unpaired) electrons. The van der Waals surface area contributed by atoms with Crippen molar-refractivity contribution in [3.8, 4) is 11.1 Å². The van der Waals surface area contributed by atoms with Crippen molar-refractivity contribution >= 4 is 23.6 Å². The smallest absolute Gasteiger partial charge is 0.406 e. The van der Waals surface area contributed by atoms with E-state index in [0.29, 0.717) is 43.4 Å². The van der Waals surface area contributed by atoms with E-state index in [9.17, 15) is 14.7 Å². The molecule has 8 heteroatoms. The number of methoxy groups -OCH3 is 1. The zero-order valence-corrected chi connectivity index (χ0v) is 28.8. The number of ether oxygens (including phenoxy) is 1. The highest BCUT2D eigenvalue weighted by Crippen LogP contribution is 2.46. The molecule has 0 unspecified atom stereocenters. The molecule has 0 saturated carbocycles. The standard InChI is InChI=1S/C38H50ClN3O4/c1-6-27-11-7-12-29(22-27)35-33(14-8-15-34(35)39)38(45,18-10-19-41-37(44)46-5)31-13-9-20-42(25-31)36(43)32-17-16-28(24-40-4)23-30(32)21-26(2)3/h7-8,11-12,14-17,22-23,26,31,40,45H,6,9-10,13,18-21,24-25H2,1-5H3,(H,41,44)/t31-,38+/m1/s1. The Bertz CT molecular complexity index is 1490. The Hall–Kier alpha value is -3.39. The molecule has 0 aromatic heterocycles. The third-order valence-corrected chi connectivity index (χ3v) is 9.40. The molecule has 7 nitrogen and oxygen atoms in total. The number of rotatable bonds is 13. The second-order valence-corrected chi connectivity index (χ2v) is 13.3. The van der Waals surface area contributed by atoms with Crippen LogP contribution in [0.2, 0.25) is 5.02 Å². The lowest BCUT2D eigenvalue weighted by Crippen LogP contribution is -2.48.